The molecule has 0 bridgehead atoms. The number of fused-ring (bicyclic) bond motifs is 6. The van der Waals surface area contributed by atoms with Crippen LogP contribution < -0.4 is 0 Å². The Morgan fingerprint density at radius 2 is 0.891 bits per heavy atom. The van der Waals surface area contributed by atoms with Crippen LogP contribution in [0, 0.1) is 11.3 Å². The van der Waals surface area contributed by atoms with Gasteiger partial charge >= 0.3 is 0 Å². The van der Waals surface area contributed by atoms with Crippen molar-refractivity contribution < 1.29 is 0 Å². The van der Waals surface area contributed by atoms with E-state index in [1.54, 1.807) is 0 Å². The van der Waals surface area contributed by atoms with Crippen molar-refractivity contribution in [2.24, 2.45) is 0 Å². The molecule has 0 aliphatic rings. The summed E-state index contributed by atoms with van der Waals surface area (Å²) in [5.41, 5.74) is 9.62. The summed E-state index contributed by atoms with van der Waals surface area (Å²) in [6, 6.07) is 56.7. The Labute approximate surface area is 274 Å². The van der Waals surface area contributed by atoms with Crippen LogP contribution in [0.2, 0.25) is 0 Å². The second kappa shape index (κ2) is 10.8. The molecule has 46 heavy (non-hydrogen) atoms. The maximum atomic E-state index is 10.2. The Morgan fingerprint density at radius 1 is 0.370 bits per heavy atom. The molecule has 0 fully saturated rings. The SMILES string of the molecule is N#Cc1ccccc1-c1ccc(-c2ccc3sc4ccccc4c3c2)c(-c2ccc3sc4ccccc4c3c2)c1-c1ccccc1. The fourth-order valence-corrected chi connectivity index (χ4v) is 9.04. The lowest BCUT2D eigenvalue weighted by molar-refractivity contribution is 1.47. The zero-order valence-corrected chi connectivity index (χ0v) is 26.3. The second-order valence-corrected chi connectivity index (χ2v) is 13.7. The van der Waals surface area contributed by atoms with Gasteiger partial charge in [-0.2, -0.15) is 5.26 Å². The lowest BCUT2D eigenvalue weighted by atomic mass is 9.82. The summed E-state index contributed by atoms with van der Waals surface area (Å²) in [4.78, 5) is 0. The molecular formula is C43H25NS2. The number of thiophene rings is 2. The summed E-state index contributed by atoms with van der Waals surface area (Å²) in [6.07, 6.45) is 0. The minimum atomic E-state index is 0.670. The zero-order valence-electron chi connectivity index (χ0n) is 24.7. The van der Waals surface area contributed by atoms with E-state index in [9.17, 15) is 5.26 Å². The summed E-state index contributed by atoms with van der Waals surface area (Å²) in [7, 11) is 0. The first-order valence-corrected chi connectivity index (χ1v) is 17.0. The third-order valence-electron chi connectivity index (χ3n) is 8.96. The van der Waals surface area contributed by atoms with Crippen molar-refractivity contribution in [1.82, 2.24) is 0 Å². The van der Waals surface area contributed by atoms with E-state index in [0.29, 0.717) is 5.56 Å². The lowest BCUT2D eigenvalue weighted by Crippen LogP contribution is -1.96. The molecule has 0 amide bonds. The predicted molar refractivity (Wildman–Crippen MR) is 199 cm³/mol. The Morgan fingerprint density at radius 3 is 1.59 bits per heavy atom. The van der Waals surface area contributed by atoms with Crippen LogP contribution >= 0.6 is 22.7 Å². The highest BCUT2D eigenvalue weighted by atomic mass is 32.1. The molecule has 2 aromatic heterocycles. The maximum Gasteiger partial charge on any atom is 0.0998 e. The molecule has 0 unspecified atom stereocenters. The van der Waals surface area contributed by atoms with Gasteiger partial charge in [0.2, 0.25) is 0 Å². The predicted octanol–water partition coefficient (Wildman–Crippen LogP) is 13.0. The molecule has 2 heterocycles. The molecule has 0 saturated carbocycles. The van der Waals surface area contributed by atoms with Gasteiger partial charge in [-0.05, 0) is 81.4 Å². The Hall–Kier alpha value is -5.53. The van der Waals surface area contributed by atoms with Gasteiger partial charge < -0.3 is 0 Å². The monoisotopic (exact) mass is 619 g/mol. The third-order valence-corrected chi connectivity index (χ3v) is 11.3. The first-order valence-electron chi connectivity index (χ1n) is 15.3. The van der Waals surface area contributed by atoms with E-state index in [2.05, 4.69) is 140 Å². The first kappa shape index (κ1) is 26.8. The largest absolute Gasteiger partial charge is 0.192 e. The molecule has 1 nitrogen and oxygen atoms in total. The Kier molecular flexibility index (Phi) is 6.31. The maximum absolute atomic E-state index is 10.2. The number of hydrogen-bond donors (Lipinski definition) is 0. The van der Waals surface area contributed by atoms with Crippen LogP contribution in [0.15, 0.2) is 152 Å². The summed E-state index contributed by atoms with van der Waals surface area (Å²) >= 11 is 3.68. The highest BCUT2D eigenvalue weighted by molar-refractivity contribution is 7.26. The quantitative estimate of drug-likeness (QED) is 0.192. The van der Waals surface area contributed by atoms with Gasteiger partial charge in [-0.25, -0.2) is 0 Å². The van der Waals surface area contributed by atoms with Crippen molar-refractivity contribution in [3.8, 4) is 50.6 Å². The molecule has 0 aliphatic carbocycles. The average Bonchev–Trinajstić information content (AvgIpc) is 3.69. The molecule has 0 spiro atoms. The molecule has 9 rings (SSSR count). The lowest BCUT2D eigenvalue weighted by Gasteiger charge is -2.21. The number of rotatable bonds is 4. The van der Waals surface area contributed by atoms with Crippen molar-refractivity contribution in [2.75, 3.05) is 0 Å². The summed E-state index contributed by atoms with van der Waals surface area (Å²) in [5, 5.41) is 15.3. The highest BCUT2D eigenvalue weighted by Crippen LogP contribution is 2.48. The van der Waals surface area contributed by atoms with E-state index in [1.165, 1.54) is 57.0 Å². The van der Waals surface area contributed by atoms with E-state index in [0.717, 1.165) is 27.8 Å². The van der Waals surface area contributed by atoms with Crippen LogP contribution in [0.3, 0.4) is 0 Å². The topological polar surface area (TPSA) is 23.8 Å². The second-order valence-electron chi connectivity index (χ2n) is 11.6. The molecule has 214 valence electrons. The summed E-state index contributed by atoms with van der Waals surface area (Å²) in [5.74, 6) is 0. The molecule has 0 aliphatic heterocycles. The molecule has 0 atom stereocenters. The van der Waals surface area contributed by atoms with Gasteiger partial charge in [-0.1, -0.05) is 109 Å². The van der Waals surface area contributed by atoms with Crippen LogP contribution in [-0.2, 0) is 0 Å². The Bertz CT molecular complexity index is 2650. The third kappa shape index (κ3) is 4.27. The van der Waals surface area contributed by atoms with Crippen molar-refractivity contribution in [1.29, 1.82) is 5.26 Å². The van der Waals surface area contributed by atoms with Crippen LogP contribution in [0.5, 0.6) is 0 Å². The number of nitriles is 1. The van der Waals surface area contributed by atoms with Crippen LogP contribution in [0.4, 0.5) is 0 Å². The first-order chi connectivity index (χ1) is 22.8. The van der Waals surface area contributed by atoms with E-state index in [-0.39, 0.29) is 0 Å². The smallest absolute Gasteiger partial charge is 0.0998 e. The minimum absolute atomic E-state index is 0.670. The summed E-state index contributed by atoms with van der Waals surface area (Å²) in [6.45, 7) is 0. The van der Waals surface area contributed by atoms with Gasteiger partial charge in [-0.15, -0.1) is 22.7 Å². The van der Waals surface area contributed by atoms with Crippen molar-refractivity contribution in [3.63, 3.8) is 0 Å². The fourth-order valence-electron chi connectivity index (χ4n) is 6.86. The van der Waals surface area contributed by atoms with Gasteiger partial charge in [0.15, 0.2) is 0 Å². The molecule has 3 heteroatoms. The normalized spacial score (nSPS) is 11.5. The van der Waals surface area contributed by atoms with Gasteiger partial charge in [-0.3, -0.25) is 0 Å². The number of benzene rings is 7. The van der Waals surface area contributed by atoms with Gasteiger partial charge in [0.05, 0.1) is 11.6 Å². The average molecular weight is 620 g/mol. The zero-order chi connectivity index (χ0) is 30.6. The Balaban J connectivity index is 1.41. The molecule has 7 aromatic carbocycles. The molecular weight excluding hydrogens is 595 g/mol. The molecule has 0 radical (unpaired) electrons. The molecule has 0 N–H and O–H groups in total. The van der Waals surface area contributed by atoms with Crippen molar-refractivity contribution in [2.45, 2.75) is 0 Å². The van der Waals surface area contributed by atoms with Gasteiger partial charge in [0.1, 0.15) is 0 Å². The van der Waals surface area contributed by atoms with Crippen molar-refractivity contribution >= 4 is 63.0 Å². The van der Waals surface area contributed by atoms with Crippen LogP contribution in [0.25, 0.3) is 84.9 Å². The molecule has 9 aromatic rings. The fraction of sp³-hybridized carbons (Fsp3) is 0. The highest BCUT2D eigenvalue weighted by Gasteiger charge is 2.22. The van der Waals surface area contributed by atoms with Crippen LogP contribution in [-0.4, -0.2) is 0 Å². The summed E-state index contributed by atoms with van der Waals surface area (Å²) < 4.78 is 5.17. The molecule has 0 saturated heterocycles. The standard InChI is InChI=1S/C43H25NS2/c44-26-30-12-4-5-13-31(30)35-21-20-32(28-18-22-40-36(24-28)33-14-6-8-16-38(33)45-40)43(42(35)27-10-2-1-3-11-27)29-19-23-41-37(25-29)34-15-7-9-17-39(34)46-41/h1-25H. The number of nitrogens with zero attached hydrogens (tertiary/aromatic N) is 1. The van der Waals surface area contributed by atoms with E-state index in [1.807, 2.05) is 40.9 Å². The van der Waals surface area contributed by atoms with Crippen LogP contribution in [0.1, 0.15) is 5.56 Å². The van der Waals surface area contributed by atoms with Crippen molar-refractivity contribution in [3.05, 3.63) is 157 Å². The van der Waals surface area contributed by atoms with E-state index < -0.39 is 0 Å². The van der Waals surface area contributed by atoms with E-state index in [4.69, 9.17) is 0 Å². The van der Waals surface area contributed by atoms with E-state index >= 15 is 0 Å². The minimum Gasteiger partial charge on any atom is -0.192 e. The van der Waals surface area contributed by atoms with Gasteiger partial charge in [0, 0.05) is 45.9 Å². The number of hydrogen-bond acceptors (Lipinski definition) is 3. The van der Waals surface area contributed by atoms with Gasteiger partial charge in [0.25, 0.3) is 0 Å².